The third-order valence-corrected chi connectivity index (χ3v) is 4.59. The van der Waals surface area contributed by atoms with Crippen LogP contribution in [0.4, 0.5) is 11.4 Å². The van der Waals surface area contributed by atoms with Crippen LogP contribution >= 0.6 is 0 Å². The molecule has 6 nitrogen and oxygen atoms in total. The quantitative estimate of drug-likeness (QED) is 0.813. The summed E-state index contributed by atoms with van der Waals surface area (Å²) in [6.45, 7) is 0.758. The van der Waals surface area contributed by atoms with E-state index in [0.717, 1.165) is 29.9 Å². The number of benzene rings is 2. The molecular weight excluding hydrogens is 344 g/mol. The molecule has 1 saturated heterocycles. The van der Waals surface area contributed by atoms with Gasteiger partial charge in [0.25, 0.3) is 0 Å². The van der Waals surface area contributed by atoms with Gasteiger partial charge in [0.2, 0.25) is 11.8 Å². The zero-order chi connectivity index (χ0) is 19.2. The highest BCUT2D eigenvalue weighted by molar-refractivity contribution is 5.96. The fraction of sp³-hybridized carbons (Fsp3) is 0.333. The molecule has 0 bridgehead atoms. The third-order valence-electron chi connectivity index (χ3n) is 4.59. The lowest BCUT2D eigenvalue weighted by molar-refractivity contribution is -0.117. The number of aryl methyl sites for hydroxylation is 1. The molecule has 0 aliphatic carbocycles. The number of nitrogens with one attached hydrogen (secondary N) is 1. The van der Waals surface area contributed by atoms with Crippen molar-refractivity contribution in [1.82, 2.24) is 0 Å². The van der Waals surface area contributed by atoms with Crippen LogP contribution in [0.1, 0.15) is 24.8 Å². The predicted octanol–water partition coefficient (Wildman–Crippen LogP) is 3.40. The lowest BCUT2D eigenvalue weighted by Gasteiger charge is -2.16. The lowest BCUT2D eigenvalue weighted by atomic mass is 10.1. The zero-order valence-corrected chi connectivity index (χ0v) is 15.7. The van der Waals surface area contributed by atoms with Crippen LogP contribution in [0.25, 0.3) is 0 Å². The average Bonchev–Trinajstić information content (AvgIpc) is 3.12. The maximum atomic E-state index is 12.2. The van der Waals surface area contributed by atoms with Gasteiger partial charge in [-0.1, -0.05) is 0 Å². The number of hydrogen-bond acceptors (Lipinski definition) is 4. The molecule has 142 valence electrons. The topological polar surface area (TPSA) is 67.9 Å². The Bertz CT molecular complexity index is 795. The van der Waals surface area contributed by atoms with Crippen LogP contribution in [-0.2, 0) is 16.0 Å². The molecule has 1 aliphatic rings. The first kappa shape index (κ1) is 18.8. The highest BCUT2D eigenvalue weighted by atomic mass is 16.5. The number of carbonyl (C=O) groups is 2. The first-order valence-electron chi connectivity index (χ1n) is 9.01. The molecule has 1 aliphatic heterocycles. The normalized spacial score (nSPS) is 13.6. The van der Waals surface area contributed by atoms with E-state index in [-0.39, 0.29) is 11.8 Å². The molecule has 3 rings (SSSR count). The van der Waals surface area contributed by atoms with Gasteiger partial charge in [0, 0.05) is 36.8 Å². The fourth-order valence-corrected chi connectivity index (χ4v) is 3.14. The number of amides is 2. The number of carbonyl (C=O) groups excluding carboxylic acids is 2. The molecule has 0 atom stereocenters. The number of hydrogen-bond donors (Lipinski definition) is 1. The van der Waals surface area contributed by atoms with Crippen molar-refractivity contribution < 1.29 is 19.1 Å². The van der Waals surface area contributed by atoms with Crippen molar-refractivity contribution in [3.8, 4) is 11.5 Å². The highest BCUT2D eigenvalue weighted by Gasteiger charge is 2.21. The largest absolute Gasteiger partial charge is 0.497 e. The molecule has 27 heavy (non-hydrogen) atoms. The van der Waals surface area contributed by atoms with E-state index in [1.807, 2.05) is 36.4 Å². The van der Waals surface area contributed by atoms with E-state index in [4.69, 9.17) is 9.47 Å². The van der Waals surface area contributed by atoms with Gasteiger partial charge in [-0.05, 0) is 54.8 Å². The highest BCUT2D eigenvalue weighted by Crippen LogP contribution is 2.24. The summed E-state index contributed by atoms with van der Waals surface area (Å²) >= 11 is 0. The van der Waals surface area contributed by atoms with E-state index in [1.165, 1.54) is 0 Å². The van der Waals surface area contributed by atoms with E-state index >= 15 is 0 Å². The van der Waals surface area contributed by atoms with Gasteiger partial charge in [-0.15, -0.1) is 0 Å². The summed E-state index contributed by atoms with van der Waals surface area (Å²) in [6.07, 6.45) is 2.43. The molecule has 0 saturated carbocycles. The Morgan fingerprint density at radius 1 is 1.07 bits per heavy atom. The van der Waals surface area contributed by atoms with Crippen molar-refractivity contribution in [1.29, 1.82) is 0 Å². The molecular formula is C21H24N2O4. The van der Waals surface area contributed by atoms with Crippen LogP contribution in [-0.4, -0.2) is 32.6 Å². The van der Waals surface area contributed by atoms with Gasteiger partial charge >= 0.3 is 0 Å². The minimum absolute atomic E-state index is 0.0678. The summed E-state index contributed by atoms with van der Waals surface area (Å²) in [5.74, 6) is 1.50. The maximum Gasteiger partial charge on any atom is 0.227 e. The maximum absolute atomic E-state index is 12.2. The van der Waals surface area contributed by atoms with E-state index in [1.54, 1.807) is 25.2 Å². The Morgan fingerprint density at radius 2 is 1.74 bits per heavy atom. The molecule has 1 fully saturated rings. The van der Waals surface area contributed by atoms with Crippen LogP contribution in [0, 0.1) is 0 Å². The van der Waals surface area contributed by atoms with E-state index in [2.05, 4.69) is 5.32 Å². The van der Waals surface area contributed by atoms with Gasteiger partial charge in [-0.3, -0.25) is 9.59 Å². The molecule has 1 N–H and O–H groups in total. The Morgan fingerprint density at radius 3 is 2.30 bits per heavy atom. The number of methoxy groups -OCH3 is 2. The molecule has 2 amide bonds. The van der Waals surface area contributed by atoms with Crippen molar-refractivity contribution >= 4 is 23.2 Å². The smallest absolute Gasteiger partial charge is 0.227 e. The number of anilines is 2. The van der Waals surface area contributed by atoms with Crippen molar-refractivity contribution in [2.24, 2.45) is 0 Å². The van der Waals surface area contributed by atoms with Gasteiger partial charge in [0.05, 0.1) is 14.2 Å². The first-order chi connectivity index (χ1) is 13.1. The van der Waals surface area contributed by atoms with Gasteiger partial charge < -0.3 is 19.7 Å². The Balaban J connectivity index is 1.55. The summed E-state index contributed by atoms with van der Waals surface area (Å²) in [5.41, 5.74) is 2.57. The summed E-state index contributed by atoms with van der Waals surface area (Å²) < 4.78 is 10.5. The molecule has 0 spiro atoms. The van der Waals surface area contributed by atoms with Gasteiger partial charge in [-0.25, -0.2) is 0 Å². The van der Waals surface area contributed by atoms with Crippen LogP contribution in [0.3, 0.4) is 0 Å². The molecule has 0 unspecified atom stereocenters. The van der Waals surface area contributed by atoms with E-state index in [0.29, 0.717) is 30.8 Å². The third kappa shape index (κ3) is 4.78. The molecule has 6 heteroatoms. The Hall–Kier alpha value is -3.02. The zero-order valence-electron chi connectivity index (χ0n) is 15.7. The number of rotatable bonds is 7. The summed E-state index contributed by atoms with van der Waals surface area (Å²) in [4.78, 5) is 25.8. The standard InChI is InChI=1S/C21H24N2O4/c1-26-18-12-15(13-19(14-18)27-2)5-10-20(24)22-16-6-8-17(9-7-16)23-11-3-4-21(23)25/h6-9,12-14H,3-5,10-11H2,1-2H3,(H,22,24). The van der Waals surface area contributed by atoms with E-state index in [9.17, 15) is 9.59 Å². The Kier molecular flexibility index (Phi) is 5.96. The summed E-state index contributed by atoms with van der Waals surface area (Å²) in [5, 5.41) is 2.89. The Labute approximate surface area is 159 Å². The first-order valence-corrected chi connectivity index (χ1v) is 9.01. The van der Waals surface area contributed by atoms with Crippen LogP contribution < -0.4 is 19.7 Å². The second kappa shape index (κ2) is 8.58. The molecule has 2 aromatic carbocycles. The minimum Gasteiger partial charge on any atom is -0.497 e. The summed E-state index contributed by atoms with van der Waals surface area (Å²) in [7, 11) is 3.20. The second-order valence-electron chi connectivity index (χ2n) is 6.46. The average molecular weight is 368 g/mol. The van der Waals surface area contributed by atoms with Crippen molar-refractivity contribution in [2.45, 2.75) is 25.7 Å². The van der Waals surface area contributed by atoms with Gasteiger partial charge in [0.1, 0.15) is 11.5 Å². The molecule has 2 aromatic rings. The van der Waals surface area contributed by atoms with Crippen molar-refractivity contribution in [3.05, 3.63) is 48.0 Å². The SMILES string of the molecule is COc1cc(CCC(=O)Nc2ccc(N3CCCC3=O)cc2)cc(OC)c1. The lowest BCUT2D eigenvalue weighted by Crippen LogP contribution is -2.23. The minimum atomic E-state index is -0.0678. The van der Waals surface area contributed by atoms with Crippen LogP contribution in [0.15, 0.2) is 42.5 Å². The fourth-order valence-electron chi connectivity index (χ4n) is 3.14. The van der Waals surface area contributed by atoms with Crippen LogP contribution in [0.5, 0.6) is 11.5 Å². The summed E-state index contributed by atoms with van der Waals surface area (Å²) in [6, 6.07) is 13.0. The van der Waals surface area contributed by atoms with Crippen molar-refractivity contribution in [2.75, 3.05) is 31.0 Å². The monoisotopic (exact) mass is 368 g/mol. The molecule has 0 aromatic heterocycles. The van der Waals surface area contributed by atoms with E-state index < -0.39 is 0 Å². The molecule has 1 heterocycles. The number of ether oxygens (including phenoxy) is 2. The second-order valence-corrected chi connectivity index (χ2v) is 6.46. The van der Waals surface area contributed by atoms with Gasteiger partial charge in [0.15, 0.2) is 0 Å². The van der Waals surface area contributed by atoms with Gasteiger partial charge in [-0.2, -0.15) is 0 Å². The predicted molar refractivity (Wildman–Crippen MR) is 105 cm³/mol. The van der Waals surface area contributed by atoms with Crippen molar-refractivity contribution in [3.63, 3.8) is 0 Å². The van der Waals surface area contributed by atoms with Crippen LogP contribution in [0.2, 0.25) is 0 Å². The molecule has 0 radical (unpaired) electrons. The number of nitrogens with zero attached hydrogens (tertiary/aromatic N) is 1.